The third kappa shape index (κ3) is 3.30. The molecule has 6 nitrogen and oxygen atoms in total. The second-order valence-corrected chi connectivity index (χ2v) is 3.76. The van der Waals surface area contributed by atoms with E-state index < -0.39 is 23.4 Å². The van der Waals surface area contributed by atoms with Crippen LogP contribution in [0.25, 0.3) is 11.5 Å². The van der Waals surface area contributed by atoms with Crippen molar-refractivity contribution >= 4 is 5.97 Å². The molecule has 110 valence electrons. The van der Waals surface area contributed by atoms with Crippen LogP contribution in [-0.4, -0.2) is 32.5 Å². The van der Waals surface area contributed by atoms with Crippen molar-refractivity contribution in [1.82, 2.24) is 19.9 Å². The first-order valence-corrected chi connectivity index (χ1v) is 5.81. The van der Waals surface area contributed by atoms with Crippen LogP contribution < -0.4 is 0 Å². The Hall–Kier alpha value is -2.58. The summed E-state index contributed by atoms with van der Waals surface area (Å²) in [6.07, 6.45) is -0.161. The molecule has 0 aliphatic heterocycles. The van der Waals surface area contributed by atoms with E-state index in [0.29, 0.717) is 0 Å². The molecule has 2 heterocycles. The Kier molecular flexibility index (Phi) is 4.10. The van der Waals surface area contributed by atoms with Crippen molar-refractivity contribution in [3.8, 4) is 11.5 Å². The Morgan fingerprint density at radius 1 is 1.24 bits per heavy atom. The summed E-state index contributed by atoms with van der Waals surface area (Å²) in [6, 6.07) is 0. The number of hydrogen-bond donors (Lipinski definition) is 0. The van der Waals surface area contributed by atoms with Gasteiger partial charge in [-0.15, -0.1) is 0 Å². The number of aromatic nitrogens is 4. The van der Waals surface area contributed by atoms with Crippen LogP contribution in [0.3, 0.4) is 0 Å². The minimum Gasteiger partial charge on any atom is -0.462 e. The zero-order valence-corrected chi connectivity index (χ0v) is 10.8. The summed E-state index contributed by atoms with van der Waals surface area (Å²) in [5.41, 5.74) is -2.04. The monoisotopic (exact) mass is 298 g/mol. The maximum absolute atomic E-state index is 13.0. The van der Waals surface area contributed by atoms with E-state index in [9.17, 15) is 18.0 Å². The van der Waals surface area contributed by atoms with Gasteiger partial charge in [0.05, 0.1) is 12.8 Å². The molecule has 0 spiro atoms. The number of nitrogens with zero attached hydrogens (tertiary/aromatic N) is 4. The molecule has 0 fully saturated rings. The number of alkyl halides is 3. The van der Waals surface area contributed by atoms with Crippen LogP contribution in [0.1, 0.15) is 23.0 Å². The van der Waals surface area contributed by atoms with Gasteiger partial charge in [0.25, 0.3) is 0 Å². The smallest absolute Gasteiger partial charge is 0.434 e. The Balaban J connectivity index is 2.53. The van der Waals surface area contributed by atoms with Crippen LogP contribution in [0.5, 0.6) is 0 Å². The third-order valence-electron chi connectivity index (χ3n) is 2.34. The Morgan fingerprint density at radius 3 is 2.57 bits per heavy atom. The van der Waals surface area contributed by atoms with Crippen LogP contribution in [-0.2, 0) is 10.9 Å². The molecule has 0 N–H and O–H groups in total. The number of hydrogen-bond acceptors (Lipinski definition) is 6. The lowest BCUT2D eigenvalue weighted by Crippen LogP contribution is -2.18. The molecule has 2 aromatic rings. The highest BCUT2D eigenvalue weighted by molar-refractivity contribution is 5.90. The van der Waals surface area contributed by atoms with Crippen LogP contribution >= 0.6 is 0 Å². The van der Waals surface area contributed by atoms with Gasteiger partial charge in [-0.1, -0.05) is 0 Å². The van der Waals surface area contributed by atoms with E-state index in [1.54, 1.807) is 0 Å². The summed E-state index contributed by atoms with van der Waals surface area (Å²) in [7, 11) is 0. The molecule has 0 unspecified atom stereocenters. The van der Waals surface area contributed by atoms with Crippen LogP contribution in [0.4, 0.5) is 13.2 Å². The minimum absolute atomic E-state index is 0.0535. The van der Waals surface area contributed by atoms with E-state index in [0.717, 1.165) is 6.20 Å². The first-order chi connectivity index (χ1) is 9.93. The molecule has 9 heteroatoms. The third-order valence-corrected chi connectivity index (χ3v) is 2.34. The molecular formula is C12H9F3N4O2. The first kappa shape index (κ1) is 14.8. The maximum Gasteiger partial charge on any atom is 0.434 e. The largest absolute Gasteiger partial charge is 0.462 e. The summed E-state index contributed by atoms with van der Waals surface area (Å²) >= 11 is 0. The molecular weight excluding hydrogens is 289 g/mol. The van der Waals surface area contributed by atoms with E-state index in [4.69, 9.17) is 0 Å². The molecule has 2 aromatic heterocycles. The number of carbonyl (C=O) groups is 1. The van der Waals surface area contributed by atoms with Crippen LogP contribution in [0, 0.1) is 0 Å². The normalized spacial score (nSPS) is 11.2. The summed E-state index contributed by atoms with van der Waals surface area (Å²) < 4.78 is 43.6. The quantitative estimate of drug-likeness (QED) is 0.808. The number of esters is 1. The van der Waals surface area contributed by atoms with Crippen LogP contribution in [0.2, 0.25) is 0 Å². The average Bonchev–Trinajstić information content (AvgIpc) is 2.47. The Morgan fingerprint density at radius 2 is 2.00 bits per heavy atom. The van der Waals surface area contributed by atoms with Gasteiger partial charge in [0.15, 0.2) is 11.5 Å². The second kappa shape index (κ2) is 5.81. The van der Waals surface area contributed by atoms with Gasteiger partial charge in [0.2, 0.25) is 0 Å². The first-order valence-electron chi connectivity index (χ1n) is 5.81. The zero-order chi connectivity index (χ0) is 15.5. The van der Waals surface area contributed by atoms with Crippen molar-refractivity contribution in [2.75, 3.05) is 6.61 Å². The summed E-state index contributed by atoms with van der Waals surface area (Å²) in [5, 5.41) is 0. The number of rotatable bonds is 3. The highest BCUT2D eigenvalue weighted by Crippen LogP contribution is 2.31. The molecule has 0 saturated heterocycles. The molecule has 0 radical (unpaired) electrons. The van der Waals surface area contributed by atoms with Gasteiger partial charge < -0.3 is 4.74 Å². The lowest BCUT2D eigenvalue weighted by Gasteiger charge is -2.11. The van der Waals surface area contributed by atoms with Gasteiger partial charge in [-0.25, -0.2) is 19.7 Å². The molecule has 0 bridgehead atoms. The van der Waals surface area contributed by atoms with Gasteiger partial charge >= 0.3 is 12.1 Å². The molecule has 0 aromatic carbocycles. The van der Waals surface area contributed by atoms with E-state index >= 15 is 0 Å². The van der Waals surface area contributed by atoms with E-state index in [1.165, 1.54) is 25.5 Å². The summed E-state index contributed by atoms with van der Waals surface area (Å²) in [4.78, 5) is 26.2. The fourth-order valence-electron chi connectivity index (χ4n) is 1.49. The number of ether oxygens (including phenoxy) is 1. The van der Waals surface area contributed by atoms with Crippen molar-refractivity contribution in [1.29, 1.82) is 0 Å². The minimum atomic E-state index is -4.82. The molecule has 0 atom stereocenters. The van der Waals surface area contributed by atoms with Crippen molar-refractivity contribution in [3.05, 3.63) is 36.0 Å². The van der Waals surface area contributed by atoms with Crippen molar-refractivity contribution in [2.24, 2.45) is 0 Å². The standard InChI is InChI=1S/C12H9F3N4O2/c1-2-21-11(20)7-5-18-10(8-6-16-3-4-17-8)19-9(7)12(13,14)15/h3-6H,2H2,1H3. The topological polar surface area (TPSA) is 77.9 Å². The molecule has 2 rings (SSSR count). The molecule has 0 aliphatic rings. The Labute approximate surface area is 117 Å². The number of halogens is 3. The van der Waals surface area contributed by atoms with Gasteiger partial charge in [-0.3, -0.25) is 4.98 Å². The van der Waals surface area contributed by atoms with Gasteiger partial charge in [-0.2, -0.15) is 13.2 Å². The lowest BCUT2D eigenvalue weighted by atomic mass is 10.2. The van der Waals surface area contributed by atoms with E-state index in [2.05, 4.69) is 24.7 Å². The zero-order valence-electron chi connectivity index (χ0n) is 10.8. The van der Waals surface area contributed by atoms with Gasteiger partial charge in [0, 0.05) is 18.6 Å². The van der Waals surface area contributed by atoms with Crippen molar-refractivity contribution in [2.45, 2.75) is 13.1 Å². The summed E-state index contributed by atoms with van der Waals surface area (Å²) in [6.45, 7) is 1.43. The highest BCUT2D eigenvalue weighted by Gasteiger charge is 2.38. The second-order valence-electron chi connectivity index (χ2n) is 3.76. The summed E-state index contributed by atoms with van der Waals surface area (Å²) in [5.74, 6) is -1.40. The van der Waals surface area contributed by atoms with Crippen molar-refractivity contribution < 1.29 is 22.7 Å². The highest BCUT2D eigenvalue weighted by atomic mass is 19.4. The fourth-order valence-corrected chi connectivity index (χ4v) is 1.49. The van der Waals surface area contributed by atoms with Crippen molar-refractivity contribution in [3.63, 3.8) is 0 Å². The molecule has 21 heavy (non-hydrogen) atoms. The predicted octanol–water partition coefficient (Wildman–Crippen LogP) is 2.13. The Bertz CT molecular complexity index is 647. The molecule has 0 aliphatic carbocycles. The van der Waals surface area contributed by atoms with Gasteiger partial charge in [0.1, 0.15) is 11.3 Å². The maximum atomic E-state index is 13.0. The SMILES string of the molecule is CCOC(=O)c1cnc(-c2cnccn2)nc1C(F)(F)F. The van der Waals surface area contributed by atoms with E-state index in [1.807, 2.05) is 0 Å². The predicted molar refractivity (Wildman–Crippen MR) is 64.0 cm³/mol. The van der Waals surface area contributed by atoms with Gasteiger partial charge in [-0.05, 0) is 6.92 Å². The number of carbonyl (C=O) groups excluding carboxylic acids is 1. The fraction of sp³-hybridized carbons (Fsp3) is 0.250. The van der Waals surface area contributed by atoms with E-state index in [-0.39, 0.29) is 18.1 Å². The molecule has 0 amide bonds. The molecule has 0 saturated carbocycles. The van der Waals surface area contributed by atoms with Crippen LogP contribution in [0.15, 0.2) is 24.8 Å². The lowest BCUT2D eigenvalue weighted by molar-refractivity contribution is -0.141. The average molecular weight is 298 g/mol.